The topological polar surface area (TPSA) is 58.2 Å². The van der Waals surface area contributed by atoms with E-state index in [9.17, 15) is 14.0 Å². The van der Waals surface area contributed by atoms with Gasteiger partial charge in [0.2, 0.25) is 5.91 Å². The summed E-state index contributed by atoms with van der Waals surface area (Å²) < 4.78 is 13.8. The molecule has 0 saturated heterocycles. The van der Waals surface area contributed by atoms with E-state index in [4.69, 9.17) is 0 Å². The van der Waals surface area contributed by atoms with E-state index in [-0.39, 0.29) is 23.5 Å². The first kappa shape index (κ1) is 17.1. The van der Waals surface area contributed by atoms with Crippen LogP contribution in [0.25, 0.3) is 0 Å². The minimum atomic E-state index is -0.440. The van der Waals surface area contributed by atoms with Crippen molar-refractivity contribution in [2.45, 2.75) is 26.3 Å². The van der Waals surface area contributed by atoms with Gasteiger partial charge in [-0.25, -0.2) is 4.39 Å². The van der Waals surface area contributed by atoms with Crippen molar-refractivity contribution in [3.8, 4) is 0 Å². The summed E-state index contributed by atoms with van der Waals surface area (Å²) in [4.78, 5) is 24.2. The van der Waals surface area contributed by atoms with Gasteiger partial charge in [0.05, 0.1) is 6.04 Å². The normalized spacial score (nSPS) is 19.8. The molecule has 0 radical (unpaired) electrons. The molecule has 4 nitrogen and oxygen atoms in total. The third kappa shape index (κ3) is 4.05. The van der Waals surface area contributed by atoms with Crippen LogP contribution in [0, 0.1) is 17.7 Å². The molecule has 1 aliphatic rings. The highest BCUT2D eigenvalue weighted by Gasteiger charge is 2.39. The lowest BCUT2D eigenvalue weighted by Crippen LogP contribution is -2.27. The van der Waals surface area contributed by atoms with Crippen molar-refractivity contribution >= 4 is 17.5 Å². The number of carbonyl (C=O) groups is 2. The molecule has 130 valence electrons. The molecule has 1 fully saturated rings. The molecule has 2 amide bonds. The lowest BCUT2D eigenvalue weighted by atomic mass is 10.1. The van der Waals surface area contributed by atoms with E-state index >= 15 is 0 Å². The number of hydrogen-bond acceptors (Lipinski definition) is 2. The summed E-state index contributed by atoms with van der Waals surface area (Å²) in [6.45, 7) is 3.79. The summed E-state index contributed by atoms with van der Waals surface area (Å²) in [5.74, 6) is -0.0560. The summed E-state index contributed by atoms with van der Waals surface area (Å²) >= 11 is 0. The lowest BCUT2D eigenvalue weighted by Gasteiger charge is -2.15. The number of halogens is 1. The molecule has 0 bridgehead atoms. The Labute approximate surface area is 146 Å². The SMILES string of the molecule is CC(NC(=O)c1ccc(NC(=O)C2CC2C)cc1)c1ccccc1F. The van der Waals surface area contributed by atoms with Gasteiger partial charge in [-0.1, -0.05) is 25.1 Å². The highest BCUT2D eigenvalue weighted by molar-refractivity contribution is 5.97. The Balaban J connectivity index is 1.61. The van der Waals surface area contributed by atoms with E-state index in [1.165, 1.54) is 6.07 Å². The van der Waals surface area contributed by atoms with Crippen LogP contribution in [0.2, 0.25) is 0 Å². The van der Waals surface area contributed by atoms with Crippen LogP contribution >= 0.6 is 0 Å². The maximum atomic E-state index is 13.8. The van der Waals surface area contributed by atoms with E-state index in [0.717, 1.165) is 6.42 Å². The summed E-state index contributed by atoms with van der Waals surface area (Å²) in [6.07, 6.45) is 0.931. The van der Waals surface area contributed by atoms with Gasteiger partial charge in [-0.2, -0.15) is 0 Å². The molecule has 3 unspecified atom stereocenters. The number of rotatable bonds is 5. The molecule has 5 heteroatoms. The Morgan fingerprint density at radius 1 is 1.12 bits per heavy atom. The second-order valence-electron chi connectivity index (χ2n) is 6.60. The third-order valence-corrected chi connectivity index (χ3v) is 4.58. The first-order chi connectivity index (χ1) is 12.0. The van der Waals surface area contributed by atoms with Crippen LogP contribution in [-0.2, 0) is 4.79 Å². The van der Waals surface area contributed by atoms with Crippen LogP contribution in [0.3, 0.4) is 0 Å². The molecule has 0 spiro atoms. The standard InChI is InChI=1S/C20H21FN2O2/c1-12-11-17(12)20(25)23-15-9-7-14(8-10-15)19(24)22-13(2)16-5-3-4-6-18(16)21/h3-10,12-13,17H,11H2,1-2H3,(H,22,24)(H,23,25). The second-order valence-corrected chi connectivity index (χ2v) is 6.60. The first-order valence-corrected chi connectivity index (χ1v) is 8.42. The molecule has 0 heterocycles. The summed E-state index contributed by atoms with van der Waals surface area (Å²) in [5, 5.41) is 5.64. The molecule has 25 heavy (non-hydrogen) atoms. The monoisotopic (exact) mass is 340 g/mol. The highest BCUT2D eigenvalue weighted by Crippen LogP contribution is 2.38. The van der Waals surface area contributed by atoms with Crippen LogP contribution < -0.4 is 10.6 Å². The number of benzene rings is 2. The van der Waals surface area contributed by atoms with Gasteiger partial charge in [-0.3, -0.25) is 9.59 Å². The molecule has 2 aromatic rings. The van der Waals surface area contributed by atoms with Crippen LogP contribution in [-0.4, -0.2) is 11.8 Å². The van der Waals surface area contributed by atoms with Gasteiger partial charge in [0.25, 0.3) is 5.91 Å². The molecule has 1 saturated carbocycles. The second kappa shape index (κ2) is 7.05. The minimum absolute atomic E-state index is 0.0258. The van der Waals surface area contributed by atoms with Crippen molar-refractivity contribution in [2.24, 2.45) is 11.8 Å². The molecule has 0 aliphatic heterocycles. The maximum absolute atomic E-state index is 13.8. The van der Waals surface area contributed by atoms with Crippen molar-refractivity contribution < 1.29 is 14.0 Å². The van der Waals surface area contributed by atoms with E-state index in [1.807, 2.05) is 0 Å². The molecule has 2 aromatic carbocycles. The zero-order chi connectivity index (χ0) is 18.0. The predicted octanol–water partition coefficient (Wildman–Crippen LogP) is 3.91. The molecule has 0 aromatic heterocycles. The molecule has 1 aliphatic carbocycles. The van der Waals surface area contributed by atoms with Crippen LogP contribution in [0.4, 0.5) is 10.1 Å². The van der Waals surface area contributed by atoms with Crippen molar-refractivity contribution in [1.29, 1.82) is 0 Å². The van der Waals surface area contributed by atoms with E-state index in [0.29, 0.717) is 22.7 Å². The zero-order valence-electron chi connectivity index (χ0n) is 14.3. The van der Waals surface area contributed by atoms with Crippen molar-refractivity contribution in [3.05, 3.63) is 65.5 Å². The quantitative estimate of drug-likeness (QED) is 0.867. The highest BCUT2D eigenvalue weighted by atomic mass is 19.1. The van der Waals surface area contributed by atoms with E-state index in [1.54, 1.807) is 49.4 Å². The average molecular weight is 340 g/mol. The maximum Gasteiger partial charge on any atom is 0.251 e. The van der Waals surface area contributed by atoms with Crippen LogP contribution in [0.15, 0.2) is 48.5 Å². The van der Waals surface area contributed by atoms with E-state index < -0.39 is 6.04 Å². The Morgan fingerprint density at radius 2 is 1.76 bits per heavy atom. The summed E-state index contributed by atoms with van der Waals surface area (Å²) in [7, 11) is 0. The predicted molar refractivity (Wildman–Crippen MR) is 94.6 cm³/mol. The number of hydrogen-bond donors (Lipinski definition) is 2. The number of nitrogens with one attached hydrogen (secondary N) is 2. The number of amides is 2. The van der Waals surface area contributed by atoms with Gasteiger partial charge in [-0.05, 0) is 49.6 Å². The van der Waals surface area contributed by atoms with Gasteiger partial charge in [-0.15, -0.1) is 0 Å². The Morgan fingerprint density at radius 3 is 2.36 bits per heavy atom. The fourth-order valence-corrected chi connectivity index (χ4v) is 2.81. The van der Waals surface area contributed by atoms with Crippen molar-refractivity contribution in [3.63, 3.8) is 0 Å². The van der Waals surface area contributed by atoms with Crippen molar-refractivity contribution in [2.75, 3.05) is 5.32 Å². The van der Waals surface area contributed by atoms with Gasteiger partial charge < -0.3 is 10.6 Å². The Bertz CT molecular complexity index is 789. The van der Waals surface area contributed by atoms with Gasteiger partial charge in [0.1, 0.15) is 5.82 Å². The summed E-state index contributed by atoms with van der Waals surface area (Å²) in [5.41, 5.74) is 1.57. The Hall–Kier alpha value is -2.69. The number of anilines is 1. The Kier molecular flexibility index (Phi) is 4.83. The van der Waals surface area contributed by atoms with E-state index in [2.05, 4.69) is 17.6 Å². The smallest absolute Gasteiger partial charge is 0.251 e. The molecular weight excluding hydrogens is 319 g/mol. The molecular formula is C20H21FN2O2. The lowest BCUT2D eigenvalue weighted by molar-refractivity contribution is -0.117. The number of carbonyl (C=O) groups excluding carboxylic acids is 2. The summed E-state index contributed by atoms with van der Waals surface area (Å²) in [6, 6.07) is 12.6. The van der Waals surface area contributed by atoms with Crippen LogP contribution in [0.5, 0.6) is 0 Å². The third-order valence-electron chi connectivity index (χ3n) is 4.58. The molecule has 2 N–H and O–H groups in total. The largest absolute Gasteiger partial charge is 0.345 e. The first-order valence-electron chi connectivity index (χ1n) is 8.42. The molecule has 3 atom stereocenters. The van der Waals surface area contributed by atoms with Gasteiger partial charge >= 0.3 is 0 Å². The zero-order valence-corrected chi connectivity index (χ0v) is 14.3. The van der Waals surface area contributed by atoms with Gasteiger partial charge in [0, 0.05) is 22.7 Å². The fraction of sp³-hybridized carbons (Fsp3) is 0.300. The van der Waals surface area contributed by atoms with Crippen LogP contribution in [0.1, 0.15) is 42.2 Å². The van der Waals surface area contributed by atoms with Crippen molar-refractivity contribution in [1.82, 2.24) is 5.32 Å². The average Bonchev–Trinajstić information content (AvgIpc) is 3.32. The minimum Gasteiger partial charge on any atom is -0.345 e. The molecule has 3 rings (SSSR count). The van der Waals surface area contributed by atoms with Gasteiger partial charge in [0.15, 0.2) is 0 Å². The fourth-order valence-electron chi connectivity index (χ4n) is 2.81.